The number of quaternary nitrogens is 1. The van der Waals surface area contributed by atoms with Crippen molar-refractivity contribution in [2.24, 2.45) is 5.73 Å². The van der Waals surface area contributed by atoms with Crippen molar-refractivity contribution >= 4 is 76.2 Å². The molecule has 3 rings (SSSR count). The second-order valence-electron chi connectivity index (χ2n) is 12.0. The Bertz CT molecular complexity index is 1410. The molecule has 240 valence electrons. The summed E-state index contributed by atoms with van der Waals surface area (Å²) in [5, 5.41) is 12.6. The van der Waals surface area contributed by atoms with Crippen molar-refractivity contribution in [1.82, 2.24) is 9.62 Å². The third kappa shape index (κ3) is 9.66. The first-order chi connectivity index (χ1) is 20.4. The Morgan fingerprint density at radius 3 is 2.52 bits per heavy atom. The van der Waals surface area contributed by atoms with Crippen molar-refractivity contribution in [1.29, 1.82) is 0 Å². The van der Waals surface area contributed by atoms with Crippen LogP contribution in [0.5, 0.6) is 0 Å². The van der Waals surface area contributed by atoms with Crippen molar-refractivity contribution in [3.63, 3.8) is 0 Å². The van der Waals surface area contributed by atoms with Gasteiger partial charge in [0.05, 0.1) is 42.8 Å². The lowest BCUT2D eigenvalue weighted by molar-refractivity contribution is -0.876. The first-order valence-electron chi connectivity index (χ1n) is 13.6. The van der Waals surface area contributed by atoms with Gasteiger partial charge in [0.15, 0.2) is 12.2 Å². The van der Waals surface area contributed by atoms with Crippen LogP contribution >= 0.6 is 35.0 Å². The molecule has 1 saturated heterocycles. The molecule has 1 unspecified atom stereocenters. The number of hydrogen-bond acceptors (Lipinski definition) is 8. The summed E-state index contributed by atoms with van der Waals surface area (Å²) < 4.78 is 20.0. The van der Waals surface area contributed by atoms with Gasteiger partial charge in [-0.3, -0.25) is 9.59 Å². The summed E-state index contributed by atoms with van der Waals surface area (Å²) in [5.74, 6) is -2.60. The van der Waals surface area contributed by atoms with Crippen LogP contribution in [-0.4, -0.2) is 92.2 Å². The van der Waals surface area contributed by atoms with Crippen LogP contribution in [0.15, 0.2) is 46.5 Å². The fourth-order valence-electron chi connectivity index (χ4n) is 4.67. The maximum Gasteiger partial charge on any atom is 0.356 e. The Morgan fingerprint density at radius 1 is 1.23 bits per heavy atom. The number of thioether (sulfide) groups is 1. The fraction of sp³-hybridized carbons (Fsp3) is 0.448. The normalized spacial score (nSPS) is 20.5. The predicted octanol–water partition coefficient (Wildman–Crippen LogP) is 3.48. The number of carbonyl (C=O) groups excluding carboxylic acids is 3. The summed E-state index contributed by atoms with van der Waals surface area (Å²) in [4.78, 5) is 48.7. The van der Waals surface area contributed by atoms with Gasteiger partial charge in [-0.05, 0) is 69.0 Å². The van der Waals surface area contributed by atoms with E-state index in [0.717, 1.165) is 11.8 Å². The Hall–Kier alpha value is -2.68. The number of benzene rings is 1. The van der Waals surface area contributed by atoms with Gasteiger partial charge >= 0.3 is 11.9 Å². The highest BCUT2D eigenvalue weighted by atomic mass is 35.5. The second kappa shape index (κ2) is 14.6. The largest absolute Gasteiger partial charge is 0.591 e. The Morgan fingerprint density at radius 2 is 1.91 bits per heavy atom. The standard InChI is InChI=1S/C29H36Cl2N4O7S2/c1-29(2,3)42-25(38)11-9-18-13-20(31)22(14-19(18)30)43-16-24(37)33-27-21-10-8-17(26(28(39)40)34(21)44(27)41)7-6-12-35(4,5)15-23(32)36/h6-7,9,11,13-14,21,27H,8,10,12,15-16H2,1-5H3,(H3-,32,33,36,37,39,40)/p+1/b7-6?,11-9+/t21-,27-,44?/m1/s1. The molecule has 0 radical (unpaired) electrons. The van der Waals surface area contributed by atoms with Crippen LogP contribution in [0.4, 0.5) is 0 Å². The number of halogens is 2. The molecule has 3 atom stereocenters. The highest BCUT2D eigenvalue weighted by Crippen LogP contribution is 2.42. The molecule has 2 aliphatic rings. The van der Waals surface area contributed by atoms with Crippen LogP contribution in [0.3, 0.4) is 0 Å². The number of rotatable bonds is 12. The van der Waals surface area contributed by atoms with Crippen LogP contribution in [0, 0.1) is 0 Å². The predicted molar refractivity (Wildman–Crippen MR) is 172 cm³/mol. The molecule has 0 saturated carbocycles. The van der Waals surface area contributed by atoms with Gasteiger partial charge < -0.3 is 29.9 Å². The van der Waals surface area contributed by atoms with Gasteiger partial charge in [-0.2, -0.15) is 4.31 Å². The number of primary amides is 1. The molecule has 2 amide bonds. The average Bonchev–Trinajstić information content (AvgIpc) is 2.88. The average molecular weight is 689 g/mol. The summed E-state index contributed by atoms with van der Waals surface area (Å²) in [6, 6.07) is 2.74. The fourth-order valence-corrected chi connectivity index (χ4v) is 7.74. The van der Waals surface area contributed by atoms with Crippen molar-refractivity contribution < 1.29 is 38.1 Å². The van der Waals surface area contributed by atoms with Gasteiger partial charge in [-0.25, -0.2) is 9.59 Å². The second-order valence-corrected chi connectivity index (χ2v) is 15.3. The molecular weight excluding hydrogens is 651 g/mol. The maximum absolute atomic E-state index is 13.1. The van der Waals surface area contributed by atoms with Crippen LogP contribution in [0.1, 0.15) is 39.2 Å². The lowest BCUT2D eigenvalue weighted by Crippen LogP contribution is -2.71. The van der Waals surface area contributed by atoms with Crippen molar-refractivity contribution in [3.05, 3.63) is 57.2 Å². The smallest absolute Gasteiger partial charge is 0.356 e. The van der Waals surface area contributed by atoms with Crippen molar-refractivity contribution in [2.75, 3.05) is 32.9 Å². The number of carboxylic acid groups (broad SMARTS) is 1. The lowest BCUT2D eigenvalue weighted by atomic mass is 9.96. The van der Waals surface area contributed by atoms with E-state index in [4.69, 9.17) is 33.7 Å². The highest BCUT2D eigenvalue weighted by Gasteiger charge is 2.58. The van der Waals surface area contributed by atoms with Crippen molar-refractivity contribution in [3.8, 4) is 0 Å². The minimum absolute atomic E-state index is 0.0431. The van der Waals surface area contributed by atoms with Gasteiger partial charge in [-0.15, -0.1) is 11.8 Å². The first kappa shape index (κ1) is 35.8. The number of nitrogens with one attached hydrogen (secondary N) is 1. The molecule has 0 spiro atoms. The van der Waals surface area contributed by atoms with E-state index in [0.29, 0.717) is 49.9 Å². The van der Waals surface area contributed by atoms with E-state index in [1.165, 1.54) is 16.5 Å². The summed E-state index contributed by atoms with van der Waals surface area (Å²) in [5.41, 5.74) is 5.63. The zero-order valence-corrected chi connectivity index (χ0v) is 28.2. The van der Waals surface area contributed by atoms with E-state index in [2.05, 4.69) is 5.32 Å². The number of ether oxygens (including phenoxy) is 1. The molecular formula is C29H37Cl2N4O7S2+. The molecule has 0 aromatic heterocycles. The molecule has 0 aliphatic carbocycles. The molecule has 1 aromatic carbocycles. The maximum atomic E-state index is 13.1. The van der Waals surface area contributed by atoms with Gasteiger partial charge in [0.25, 0.3) is 5.91 Å². The quantitative estimate of drug-likeness (QED) is 0.0982. The molecule has 11 nitrogen and oxygen atoms in total. The van der Waals surface area contributed by atoms with E-state index in [9.17, 15) is 28.8 Å². The Kier molecular flexibility index (Phi) is 11.9. The van der Waals surface area contributed by atoms with Crippen LogP contribution in [-0.2, 0) is 35.3 Å². The van der Waals surface area contributed by atoms with Crippen LogP contribution < -0.4 is 11.1 Å². The van der Waals surface area contributed by atoms with Crippen LogP contribution in [0.25, 0.3) is 6.08 Å². The lowest BCUT2D eigenvalue weighted by Gasteiger charge is -2.50. The molecule has 0 bridgehead atoms. The number of nitrogens with zero attached hydrogens (tertiary/aromatic N) is 2. The molecule has 2 aliphatic heterocycles. The molecule has 2 heterocycles. The van der Waals surface area contributed by atoms with Crippen LogP contribution in [0.2, 0.25) is 10.0 Å². The first-order valence-corrected chi connectivity index (χ1v) is 16.5. The number of fused-ring (bicyclic) bond motifs is 1. The number of nitrogens with two attached hydrogens (primary N) is 1. The third-order valence-corrected chi connectivity index (χ3v) is 10.0. The number of carboxylic acids is 1. The zero-order valence-electron chi connectivity index (χ0n) is 25.1. The molecule has 4 N–H and O–H groups in total. The van der Waals surface area contributed by atoms with Gasteiger partial charge in [0.1, 0.15) is 11.6 Å². The Labute approximate surface area is 274 Å². The number of aliphatic carboxylic acids is 1. The minimum Gasteiger partial charge on any atom is -0.591 e. The number of esters is 1. The summed E-state index contributed by atoms with van der Waals surface area (Å²) in [6.07, 6.45) is 7.14. The monoisotopic (exact) mass is 687 g/mol. The Balaban J connectivity index is 1.60. The number of amides is 2. The molecule has 44 heavy (non-hydrogen) atoms. The zero-order chi connectivity index (χ0) is 33.0. The summed E-state index contributed by atoms with van der Waals surface area (Å²) in [7, 11) is 3.66. The van der Waals surface area contributed by atoms with E-state index in [-0.39, 0.29) is 18.0 Å². The number of allylic oxidation sites excluding steroid dienone is 2. The number of carbonyl (C=O) groups is 4. The van der Waals surface area contributed by atoms with Gasteiger partial charge in [-0.1, -0.05) is 29.3 Å². The van der Waals surface area contributed by atoms with E-state index < -0.39 is 52.1 Å². The minimum atomic E-state index is -1.78. The van der Waals surface area contributed by atoms with Crippen molar-refractivity contribution in [2.45, 2.75) is 55.5 Å². The van der Waals surface area contributed by atoms with E-state index in [1.807, 2.05) is 14.1 Å². The van der Waals surface area contributed by atoms with Gasteiger partial charge in [0.2, 0.25) is 11.3 Å². The molecule has 15 heteroatoms. The third-order valence-electron chi connectivity index (χ3n) is 6.52. The number of likely N-dealkylation sites (N-methyl/N-ethyl adjacent to an activating group) is 1. The molecule has 1 fully saturated rings. The van der Waals surface area contributed by atoms with Gasteiger partial charge in [0, 0.05) is 16.0 Å². The highest BCUT2D eigenvalue weighted by molar-refractivity contribution is 8.00. The topological polar surface area (TPSA) is 162 Å². The summed E-state index contributed by atoms with van der Waals surface area (Å²) >= 11 is 12.1. The number of hydrogen-bond donors (Lipinski definition) is 3. The molecule has 1 aromatic rings. The van der Waals surface area contributed by atoms with E-state index in [1.54, 1.807) is 45.1 Å². The summed E-state index contributed by atoms with van der Waals surface area (Å²) in [6.45, 7) is 5.86. The van der Waals surface area contributed by atoms with E-state index >= 15 is 0 Å². The SMILES string of the molecule is CC(C)(C)OC(=O)/C=C/c1cc(Cl)c(SCC(=O)N[C@H]2[C@H]3CCC(C=CC[N+](C)(C)CC(N)=O)=C(C(=O)O)N3[S+]2[O-])cc1Cl.